The van der Waals surface area contributed by atoms with Crippen LogP contribution in [0.2, 0.25) is 0 Å². The number of hydrogen-bond donors (Lipinski definition) is 0. The van der Waals surface area contributed by atoms with Crippen LogP contribution in [0.15, 0.2) is 77.3 Å². The number of carbonyl (C=O) groups excluding carboxylic acids is 1. The molecule has 1 aromatic heterocycles. The van der Waals surface area contributed by atoms with Crippen molar-refractivity contribution in [2.24, 2.45) is 0 Å². The third-order valence-electron chi connectivity index (χ3n) is 6.74. The predicted octanol–water partition coefficient (Wildman–Crippen LogP) is 6.72. The van der Waals surface area contributed by atoms with E-state index >= 15 is 0 Å². The molecule has 5 nitrogen and oxygen atoms in total. The quantitative estimate of drug-likeness (QED) is 0.280. The number of ether oxygens (including phenoxy) is 1. The second kappa shape index (κ2) is 10.3. The van der Waals surface area contributed by atoms with Crippen molar-refractivity contribution in [2.75, 3.05) is 31.1 Å². The van der Waals surface area contributed by atoms with Crippen molar-refractivity contribution in [2.45, 2.75) is 26.8 Å². The zero-order chi connectivity index (χ0) is 25.2. The first-order valence-corrected chi connectivity index (χ1v) is 13.2. The molecule has 1 saturated heterocycles. The van der Waals surface area contributed by atoms with E-state index < -0.39 is 0 Å². The van der Waals surface area contributed by atoms with Crippen LogP contribution in [-0.4, -0.2) is 48.1 Å². The third-order valence-corrected chi connectivity index (χ3v) is 7.24. The Morgan fingerprint density at radius 3 is 2.47 bits per heavy atom. The highest BCUT2D eigenvalue weighted by Gasteiger charge is 2.29. The number of aryl methyl sites for hydroxylation is 1. The number of nitrogens with zero attached hydrogens (tertiary/aromatic N) is 3. The summed E-state index contributed by atoms with van der Waals surface area (Å²) in [5, 5.41) is 0.859. The summed E-state index contributed by atoms with van der Waals surface area (Å²) in [6, 6.07) is 24.6. The molecule has 4 aromatic rings. The summed E-state index contributed by atoms with van der Waals surface area (Å²) in [6.45, 7) is 9.02. The Labute approximate surface area is 220 Å². The van der Waals surface area contributed by atoms with Gasteiger partial charge in [0.15, 0.2) is 0 Å². The Kier molecular flexibility index (Phi) is 6.97. The summed E-state index contributed by atoms with van der Waals surface area (Å²) in [7, 11) is 0. The number of piperazine rings is 1. The van der Waals surface area contributed by atoms with Gasteiger partial charge in [0.2, 0.25) is 0 Å². The van der Waals surface area contributed by atoms with Crippen molar-refractivity contribution in [3.8, 4) is 17.0 Å². The lowest BCUT2D eigenvalue weighted by Gasteiger charge is -2.41. The average Bonchev–Trinajstić information content (AvgIpc) is 2.89. The number of halogens is 1. The second-order valence-electron chi connectivity index (χ2n) is 9.30. The number of rotatable bonds is 5. The smallest absolute Gasteiger partial charge is 0.254 e. The minimum Gasteiger partial charge on any atom is -0.494 e. The van der Waals surface area contributed by atoms with Gasteiger partial charge in [-0.3, -0.25) is 4.79 Å². The fourth-order valence-corrected chi connectivity index (χ4v) is 5.20. The van der Waals surface area contributed by atoms with Gasteiger partial charge in [0.1, 0.15) is 5.75 Å². The van der Waals surface area contributed by atoms with E-state index in [9.17, 15) is 4.79 Å². The zero-order valence-corrected chi connectivity index (χ0v) is 22.5. The van der Waals surface area contributed by atoms with E-state index in [1.807, 2.05) is 60.4 Å². The molecule has 1 amide bonds. The molecule has 3 aromatic carbocycles. The van der Waals surface area contributed by atoms with Crippen molar-refractivity contribution in [3.63, 3.8) is 0 Å². The number of hydrogen-bond acceptors (Lipinski definition) is 4. The van der Waals surface area contributed by atoms with Crippen LogP contribution in [0, 0.1) is 6.92 Å². The molecule has 5 rings (SSSR count). The molecule has 0 saturated carbocycles. The summed E-state index contributed by atoms with van der Waals surface area (Å²) in [5.74, 6) is 0.866. The van der Waals surface area contributed by atoms with Gasteiger partial charge < -0.3 is 14.5 Å². The highest BCUT2D eigenvalue weighted by molar-refractivity contribution is 9.10. The summed E-state index contributed by atoms with van der Waals surface area (Å²) in [5.41, 5.74) is 5.67. The van der Waals surface area contributed by atoms with Crippen LogP contribution in [0.4, 0.5) is 5.69 Å². The first-order chi connectivity index (χ1) is 17.4. The molecule has 36 heavy (non-hydrogen) atoms. The topological polar surface area (TPSA) is 45.7 Å². The van der Waals surface area contributed by atoms with Crippen LogP contribution in [0.1, 0.15) is 29.8 Å². The molecule has 1 fully saturated rings. The number of fused-ring (bicyclic) bond motifs is 1. The lowest BCUT2D eigenvalue weighted by Crippen LogP contribution is -2.53. The molecular formula is C30H30BrN3O2. The molecule has 1 aliphatic rings. The molecule has 0 spiro atoms. The maximum absolute atomic E-state index is 13.9. The lowest BCUT2D eigenvalue weighted by molar-refractivity contribution is 0.0728. The third kappa shape index (κ3) is 4.96. The Morgan fingerprint density at radius 2 is 1.78 bits per heavy atom. The zero-order valence-electron chi connectivity index (χ0n) is 20.9. The largest absolute Gasteiger partial charge is 0.494 e. The Morgan fingerprint density at radius 1 is 1.03 bits per heavy atom. The molecule has 6 heteroatoms. The van der Waals surface area contributed by atoms with Crippen molar-refractivity contribution >= 4 is 38.4 Å². The standard InChI is InChI=1S/C30H30BrN3O2/c1-4-36-25-12-7-22(8-13-25)29-18-27(26-17-23(31)9-14-28(26)32-29)30(35)33-15-16-34(21(3)19-33)24-10-5-20(2)6-11-24/h5-14,17-18,21H,4,15-16,19H2,1-3H3/t21-/m1/s1. The van der Waals surface area contributed by atoms with Crippen LogP contribution in [0.5, 0.6) is 5.75 Å². The summed E-state index contributed by atoms with van der Waals surface area (Å²) < 4.78 is 6.52. The summed E-state index contributed by atoms with van der Waals surface area (Å²) >= 11 is 3.57. The van der Waals surface area contributed by atoms with Gasteiger partial charge in [0.05, 0.1) is 23.4 Å². The van der Waals surface area contributed by atoms with Gasteiger partial charge in [-0.05, 0) is 81.4 Å². The predicted molar refractivity (Wildman–Crippen MR) is 150 cm³/mol. The monoisotopic (exact) mass is 543 g/mol. The van der Waals surface area contributed by atoms with Gasteiger partial charge in [-0.25, -0.2) is 4.98 Å². The number of benzene rings is 3. The van der Waals surface area contributed by atoms with Gasteiger partial charge in [0, 0.05) is 46.8 Å². The summed E-state index contributed by atoms with van der Waals surface area (Å²) in [4.78, 5) is 23.2. The minimum atomic E-state index is 0.0445. The average molecular weight is 544 g/mol. The number of anilines is 1. The van der Waals surface area contributed by atoms with Gasteiger partial charge in [-0.2, -0.15) is 0 Å². The molecule has 0 radical (unpaired) electrons. The van der Waals surface area contributed by atoms with Crippen LogP contribution in [-0.2, 0) is 0 Å². The molecule has 1 aliphatic heterocycles. The molecule has 0 bridgehead atoms. The van der Waals surface area contributed by atoms with E-state index in [2.05, 4.69) is 58.9 Å². The van der Waals surface area contributed by atoms with Crippen LogP contribution < -0.4 is 9.64 Å². The van der Waals surface area contributed by atoms with E-state index in [4.69, 9.17) is 9.72 Å². The highest BCUT2D eigenvalue weighted by atomic mass is 79.9. The molecular weight excluding hydrogens is 514 g/mol. The number of carbonyl (C=O) groups is 1. The number of aromatic nitrogens is 1. The van der Waals surface area contributed by atoms with Gasteiger partial charge in [0.25, 0.3) is 5.91 Å². The molecule has 2 heterocycles. The SMILES string of the molecule is CCOc1ccc(-c2cc(C(=O)N3CCN(c4ccc(C)cc4)[C@H](C)C3)c3cc(Br)ccc3n2)cc1. The maximum atomic E-state index is 13.9. The summed E-state index contributed by atoms with van der Waals surface area (Å²) in [6.07, 6.45) is 0. The van der Waals surface area contributed by atoms with Crippen LogP contribution in [0.25, 0.3) is 22.2 Å². The van der Waals surface area contributed by atoms with Crippen LogP contribution >= 0.6 is 15.9 Å². The first-order valence-electron chi connectivity index (χ1n) is 12.4. The lowest BCUT2D eigenvalue weighted by atomic mass is 10.0. The number of pyridine rings is 1. The maximum Gasteiger partial charge on any atom is 0.254 e. The van der Waals surface area contributed by atoms with E-state index in [0.717, 1.165) is 38.9 Å². The normalized spacial score (nSPS) is 15.8. The van der Waals surface area contributed by atoms with Crippen molar-refractivity contribution in [1.29, 1.82) is 0 Å². The Hall–Kier alpha value is -3.38. The van der Waals surface area contributed by atoms with E-state index in [0.29, 0.717) is 25.3 Å². The van der Waals surface area contributed by atoms with Gasteiger partial charge in [-0.1, -0.05) is 33.6 Å². The minimum absolute atomic E-state index is 0.0445. The van der Waals surface area contributed by atoms with E-state index in [1.54, 1.807) is 0 Å². The second-order valence-corrected chi connectivity index (χ2v) is 10.2. The molecule has 0 aliphatic carbocycles. The van der Waals surface area contributed by atoms with Crippen LogP contribution in [0.3, 0.4) is 0 Å². The van der Waals surface area contributed by atoms with Gasteiger partial charge in [-0.15, -0.1) is 0 Å². The van der Waals surface area contributed by atoms with Crippen molar-refractivity contribution < 1.29 is 9.53 Å². The molecule has 1 atom stereocenters. The van der Waals surface area contributed by atoms with E-state index in [1.165, 1.54) is 11.3 Å². The molecule has 0 unspecified atom stereocenters. The fourth-order valence-electron chi connectivity index (χ4n) is 4.84. The molecule has 0 N–H and O–H groups in total. The first kappa shape index (κ1) is 24.3. The van der Waals surface area contributed by atoms with Gasteiger partial charge >= 0.3 is 0 Å². The highest BCUT2D eigenvalue weighted by Crippen LogP contribution is 2.30. The Balaban J connectivity index is 1.46. The fraction of sp³-hybridized carbons (Fsp3) is 0.267. The molecule has 184 valence electrons. The van der Waals surface area contributed by atoms with E-state index in [-0.39, 0.29) is 11.9 Å². The number of amides is 1. The van der Waals surface area contributed by atoms with Crippen molar-refractivity contribution in [1.82, 2.24) is 9.88 Å². The van der Waals surface area contributed by atoms with Crippen molar-refractivity contribution in [3.05, 3.63) is 88.4 Å². The Bertz CT molecular complexity index is 1390.